The average molecular weight is 472 g/mol. The molecule has 1 aliphatic rings. The summed E-state index contributed by atoms with van der Waals surface area (Å²) in [5, 5.41) is 6.95. The quantitative estimate of drug-likeness (QED) is 0.468. The molecule has 0 aliphatic carbocycles. The number of aromatic nitrogens is 1. The van der Waals surface area contributed by atoms with Gasteiger partial charge in [-0.3, -0.25) is 14.4 Å². The maximum Gasteiger partial charge on any atom is 0.257 e. The molecule has 2 aromatic carbocycles. The van der Waals surface area contributed by atoms with Gasteiger partial charge in [0.05, 0.1) is 10.9 Å². The minimum atomic E-state index is -0.228. The first-order valence-electron chi connectivity index (χ1n) is 11.6. The van der Waals surface area contributed by atoms with Gasteiger partial charge in [-0.25, -0.2) is 0 Å². The molecule has 0 bridgehead atoms. The van der Waals surface area contributed by atoms with Crippen molar-refractivity contribution in [1.29, 1.82) is 0 Å². The van der Waals surface area contributed by atoms with Gasteiger partial charge in [-0.05, 0) is 38.8 Å². The number of hydrogen-bond acceptors (Lipinski definition) is 6. The van der Waals surface area contributed by atoms with Gasteiger partial charge in [0, 0.05) is 36.2 Å². The van der Waals surface area contributed by atoms with Crippen molar-refractivity contribution in [3.63, 3.8) is 0 Å². The molecule has 2 aromatic heterocycles. The summed E-state index contributed by atoms with van der Waals surface area (Å²) < 4.78 is 11.2. The second-order valence-corrected chi connectivity index (χ2v) is 8.81. The lowest BCUT2D eigenvalue weighted by Gasteiger charge is -2.31. The topological polar surface area (TPSA) is 106 Å². The number of benzene rings is 2. The van der Waals surface area contributed by atoms with Gasteiger partial charge in [0.1, 0.15) is 11.5 Å². The van der Waals surface area contributed by atoms with Gasteiger partial charge < -0.3 is 19.2 Å². The van der Waals surface area contributed by atoms with Gasteiger partial charge in [-0.15, -0.1) is 0 Å². The molecule has 1 aliphatic heterocycles. The summed E-state index contributed by atoms with van der Waals surface area (Å²) in [7, 11) is 0. The number of rotatable bonds is 4. The fourth-order valence-electron chi connectivity index (χ4n) is 4.51. The molecule has 8 nitrogen and oxygen atoms in total. The largest absolute Gasteiger partial charge is 0.455 e. The van der Waals surface area contributed by atoms with E-state index in [0.29, 0.717) is 59.8 Å². The Morgan fingerprint density at radius 2 is 1.77 bits per heavy atom. The van der Waals surface area contributed by atoms with Crippen LogP contribution in [0.5, 0.6) is 0 Å². The van der Waals surface area contributed by atoms with Gasteiger partial charge in [0.2, 0.25) is 5.91 Å². The minimum absolute atomic E-state index is 0.135. The van der Waals surface area contributed by atoms with Crippen molar-refractivity contribution in [1.82, 2.24) is 10.1 Å². The lowest BCUT2D eigenvalue weighted by molar-refractivity contribution is -0.121. The molecular weight excluding hydrogens is 446 g/mol. The fourth-order valence-corrected chi connectivity index (χ4v) is 4.51. The third kappa shape index (κ3) is 4.35. The van der Waals surface area contributed by atoms with E-state index in [2.05, 4.69) is 10.5 Å². The van der Waals surface area contributed by atoms with Crippen molar-refractivity contribution in [2.45, 2.75) is 26.7 Å². The summed E-state index contributed by atoms with van der Waals surface area (Å²) in [6.45, 7) is 4.34. The number of hydrogen-bond donors (Lipinski definition) is 1. The molecule has 0 saturated carbocycles. The molecule has 35 heavy (non-hydrogen) atoms. The highest BCUT2D eigenvalue weighted by atomic mass is 16.5. The van der Waals surface area contributed by atoms with Gasteiger partial charge in [-0.1, -0.05) is 41.6 Å². The highest BCUT2D eigenvalue weighted by Gasteiger charge is 2.30. The van der Waals surface area contributed by atoms with Crippen molar-refractivity contribution < 1.29 is 18.5 Å². The molecule has 1 N–H and O–H groups in total. The summed E-state index contributed by atoms with van der Waals surface area (Å²) in [6, 6.07) is 16.1. The number of fused-ring (bicyclic) bond motifs is 1. The summed E-state index contributed by atoms with van der Waals surface area (Å²) in [5.74, 6) is 0.891. The van der Waals surface area contributed by atoms with E-state index in [-0.39, 0.29) is 28.7 Å². The number of aryl methyl sites for hydroxylation is 1. The third-order valence-electron chi connectivity index (χ3n) is 6.44. The third-order valence-corrected chi connectivity index (χ3v) is 6.44. The maximum atomic E-state index is 13.5. The number of anilines is 1. The SMILES string of the molecule is Cc1cc(NC(=O)C2CCN(C(=O)c3cccc4c(=O)c(C)c(-c5ccccc5)oc34)CC2)no1. The highest BCUT2D eigenvalue weighted by molar-refractivity contribution is 6.05. The Balaban J connectivity index is 1.38. The Morgan fingerprint density at radius 1 is 1.03 bits per heavy atom. The molecule has 8 heteroatoms. The zero-order chi connectivity index (χ0) is 24.5. The molecule has 0 unspecified atom stereocenters. The van der Waals surface area contributed by atoms with Gasteiger partial charge in [0.25, 0.3) is 5.91 Å². The Morgan fingerprint density at radius 3 is 2.46 bits per heavy atom. The number of para-hydroxylation sites is 1. The first-order valence-corrected chi connectivity index (χ1v) is 11.6. The van der Waals surface area contributed by atoms with Crippen LogP contribution >= 0.6 is 0 Å². The number of nitrogens with zero attached hydrogens (tertiary/aromatic N) is 2. The molecule has 3 heterocycles. The van der Waals surface area contributed by atoms with Crippen LogP contribution in [0, 0.1) is 19.8 Å². The number of amides is 2. The molecule has 2 amide bonds. The predicted molar refractivity (Wildman–Crippen MR) is 131 cm³/mol. The highest BCUT2D eigenvalue weighted by Crippen LogP contribution is 2.29. The lowest BCUT2D eigenvalue weighted by Crippen LogP contribution is -2.41. The van der Waals surface area contributed by atoms with E-state index in [9.17, 15) is 14.4 Å². The molecular formula is C27H25N3O5. The zero-order valence-corrected chi connectivity index (χ0v) is 19.5. The molecule has 4 aromatic rings. The van der Waals surface area contributed by atoms with E-state index in [1.165, 1.54) is 0 Å². The van der Waals surface area contributed by atoms with E-state index >= 15 is 0 Å². The molecule has 178 valence electrons. The van der Waals surface area contributed by atoms with E-state index in [1.54, 1.807) is 43.0 Å². The Labute approximate surface area is 201 Å². The normalized spacial score (nSPS) is 14.3. The van der Waals surface area contributed by atoms with E-state index in [0.717, 1.165) is 5.56 Å². The predicted octanol–water partition coefficient (Wildman–Crippen LogP) is 4.56. The molecule has 0 radical (unpaired) electrons. The number of likely N-dealkylation sites (tertiary alicyclic amines) is 1. The van der Waals surface area contributed by atoms with E-state index in [4.69, 9.17) is 8.94 Å². The van der Waals surface area contributed by atoms with Crippen molar-refractivity contribution in [3.8, 4) is 11.3 Å². The molecule has 0 atom stereocenters. The summed E-state index contributed by atoms with van der Waals surface area (Å²) in [5.41, 5.74) is 1.76. The summed E-state index contributed by atoms with van der Waals surface area (Å²) in [4.78, 5) is 40.9. The second kappa shape index (κ2) is 9.21. The van der Waals surface area contributed by atoms with E-state index in [1.807, 2.05) is 30.3 Å². The fraction of sp³-hybridized carbons (Fsp3) is 0.259. The molecule has 5 rings (SSSR count). The second-order valence-electron chi connectivity index (χ2n) is 8.81. The van der Waals surface area contributed by atoms with Crippen LogP contribution in [0.1, 0.15) is 34.5 Å². The zero-order valence-electron chi connectivity index (χ0n) is 19.5. The number of piperidine rings is 1. The average Bonchev–Trinajstić information content (AvgIpc) is 3.30. The Bertz CT molecular complexity index is 1460. The summed E-state index contributed by atoms with van der Waals surface area (Å²) >= 11 is 0. The standard InChI is InChI=1S/C27H25N3O5/c1-16-15-22(29-35-16)28-26(32)19-11-13-30(14-12-19)27(33)21-10-6-9-20-23(31)17(2)24(34-25(20)21)18-7-4-3-5-8-18/h3-10,15,19H,11-14H2,1-2H3,(H,28,29,32). The molecule has 1 fully saturated rings. The Kier molecular flexibility index (Phi) is 5.94. The first kappa shape index (κ1) is 22.6. The maximum absolute atomic E-state index is 13.5. The van der Waals surface area contributed by atoms with E-state index < -0.39 is 0 Å². The molecule has 1 saturated heterocycles. The summed E-state index contributed by atoms with van der Waals surface area (Å²) in [6.07, 6.45) is 1.05. The van der Waals surface area contributed by atoms with Gasteiger partial charge >= 0.3 is 0 Å². The smallest absolute Gasteiger partial charge is 0.257 e. The van der Waals surface area contributed by atoms with Crippen LogP contribution < -0.4 is 10.7 Å². The van der Waals surface area contributed by atoms with Crippen LogP contribution in [0.15, 0.2) is 68.3 Å². The van der Waals surface area contributed by atoms with Crippen molar-refractivity contribution >= 4 is 28.6 Å². The van der Waals surface area contributed by atoms with Crippen molar-refractivity contribution in [3.05, 3.63) is 81.7 Å². The van der Waals surface area contributed by atoms with Crippen LogP contribution in [0.25, 0.3) is 22.3 Å². The Hall–Kier alpha value is -4.20. The van der Waals surface area contributed by atoms with Gasteiger partial charge in [-0.2, -0.15) is 0 Å². The minimum Gasteiger partial charge on any atom is -0.455 e. The van der Waals surface area contributed by atoms with Crippen molar-refractivity contribution in [2.24, 2.45) is 5.92 Å². The van der Waals surface area contributed by atoms with Crippen LogP contribution in [-0.2, 0) is 4.79 Å². The molecule has 0 spiro atoms. The van der Waals surface area contributed by atoms with Crippen LogP contribution in [0.4, 0.5) is 5.82 Å². The first-order chi connectivity index (χ1) is 16.9. The van der Waals surface area contributed by atoms with Crippen molar-refractivity contribution in [2.75, 3.05) is 18.4 Å². The monoisotopic (exact) mass is 471 g/mol. The number of nitrogens with one attached hydrogen (secondary N) is 1. The number of carbonyl (C=O) groups is 2. The number of carbonyl (C=O) groups excluding carboxylic acids is 2. The van der Waals surface area contributed by atoms with Gasteiger partial charge in [0.15, 0.2) is 16.8 Å². The van der Waals surface area contributed by atoms with Crippen LogP contribution in [0.3, 0.4) is 0 Å². The van der Waals surface area contributed by atoms with Crippen LogP contribution in [0.2, 0.25) is 0 Å². The lowest BCUT2D eigenvalue weighted by atomic mass is 9.95. The van der Waals surface area contributed by atoms with Crippen LogP contribution in [-0.4, -0.2) is 35.0 Å².